The Morgan fingerprint density at radius 2 is 1.53 bits per heavy atom. The lowest BCUT2D eigenvalue weighted by Gasteiger charge is -2.38. The van der Waals surface area contributed by atoms with E-state index in [1.54, 1.807) is 0 Å². The molecule has 3 aromatic carbocycles. The van der Waals surface area contributed by atoms with E-state index in [9.17, 15) is 0 Å². The Balaban J connectivity index is 1.58. The number of rotatable bonds is 6. The predicted octanol–water partition coefficient (Wildman–Crippen LogP) is 5.83. The van der Waals surface area contributed by atoms with Crippen molar-refractivity contribution in [2.24, 2.45) is 0 Å². The van der Waals surface area contributed by atoms with Gasteiger partial charge < -0.3 is 9.57 Å². The van der Waals surface area contributed by atoms with Gasteiger partial charge in [0.2, 0.25) is 0 Å². The molecule has 3 aromatic rings. The molecule has 5 heteroatoms. The van der Waals surface area contributed by atoms with Crippen molar-refractivity contribution in [1.29, 1.82) is 0 Å². The van der Waals surface area contributed by atoms with E-state index >= 15 is 0 Å². The Kier molecular flexibility index (Phi) is 6.43. The normalized spacial score (nSPS) is 16.5. The average molecular weight is 451 g/mol. The molecule has 1 aliphatic rings. The molecule has 0 fully saturated rings. The molecule has 0 bridgehead atoms. The van der Waals surface area contributed by atoms with Gasteiger partial charge in [-0.3, -0.25) is 0 Å². The minimum absolute atomic E-state index is 0.167. The standard InChI is InChI=1S/C25H24ClN2PS/c1-21-27(17-9-11-22-10-8-12-23(26)20-22)18-19-28(21)29(30,24-13-4-2-5-14-24)25-15-6-3-7-16-25/h2-16,18-21H,17H2,1H3. The number of hydrogen-bond acceptors (Lipinski definition) is 2. The van der Waals surface area contributed by atoms with Crippen LogP contribution in [0.1, 0.15) is 12.5 Å². The molecule has 0 aliphatic carbocycles. The summed E-state index contributed by atoms with van der Waals surface area (Å²) in [5.74, 6) is 0. The first kappa shape index (κ1) is 20.9. The van der Waals surface area contributed by atoms with E-state index in [2.05, 4.69) is 95.6 Å². The van der Waals surface area contributed by atoms with E-state index in [1.807, 2.05) is 30.3 Å². The number of hydrogen-bond donors (Lipinski definition) is 0. The van der Waals surface area contributed by atoms with Gasteiger partial charge in [-0.2, -0.15) is 0 Å². The maximum atomic E-state index is 6.45. The van der Waals surface area contributed by atoms with Crippen LogP contribution >= 0.6 is 17.8 Å². The van der Waals surface area contributed by atoms with Crippen LogP contribution in [0, 0.1) is 0 Å². The Bertz CT molecular complexity index is 1050. The highest BCUT2D eigenvalue weighted by Crippen LogP contribution is 2.51. The van der Waals surface area contributed by atoms with Crippen LogP contribution in [0.3, 0.4) is 0 Å². The van der Waals surface area contributed by atoms with Crippen molar-refractivity contribution in [3.63, 3.8) is 0 Å². The topological polar surface area (TPSA) is 6.48 Å². The van der Waals surface area contributed by atoms with Crippen LogP contribution in [-0.4, -0.2) is 22.3 Å². The van der Waals surface area contributed by atoms with Gasteiger partial charge in [0, 0.05) is 34.6 Å². The summed E-state index contributed by atoms with van der Waals surface area (Å²) in [6.45, 7) is 3.03. The second kappa shape index (κ2) is 9.22. The van der Waals surface area contributed by atoms with Crippen molar-refractivity contribution < 1.29 is 0 Å². The van der Waals surface area contributed by atoms with Gasteiger partial charge in [0.05, 0.1) is 6.19 Å². The van der Waals surface area contributed by atoms with Gasteiger partial charge >= 0.3 is 0 Å². The molecule has 152 valence electrons. The monoisotopic (exact) mass is 450 g/mol. The highest BCUT2D eigenvalue weighted by Gasteiger charge is 2.35. The minimum atomic E-state index is -2.17. The van der Waals surface area contributed by atoms with Crippen LogP contribution in [0.25, 0.3) is 6.08 Å². The summed E-state index contributed by atoms with van der Waals surface area (Å²) in [7, 11) is 0. The summed E-state index contributed by atoms with van der Waals surface area (Å²) in [6.07, 6.45) is 6.60. The predicted molar refractivity (Wildman–Crippen MR) is 134 cm³/mol. The zero-order valence-electron chi connectivity index (χ0n) is 16.8. The second-order valence-electron chi connectivity index (χ2n) is 7.21. The maximum Gasteiger partial charge on any atom is 0.103 e. The molecule has 0 saturated carbocycles. The summed E-state index contributed by atoms with van der Waals surface area (Å²) in [5, 5.41) is 3.17. The maximum absolute atomic E-state index is 6.45. The molecule has 1 aliphatic heterocycles. The third-order valence-corrected chi connectivity index (χ3v) is 10.5. The molecule has 0 spiro atoms. The third-order valence-electron chi connectivity index (χ3n) is 5.29. The van der Waals surface area contributed by atoms with Crippen LogP contribution in [-0.2, 0) is 11.8 Å². The summed E-state index contributed by atoms with van der Waals surface area (Å²) in [5.41, 5.74) is 1.11. The summed E-state index contributed by atoms with van der Waals surface area (Å²) >= 11 is 12.5. The molecule has 0 amide bonds. The van der Waals surface area contributed by atoms with Crippen molar-refractivity contribution in [3.05, 3.63) is 114 Å². The summed E-state index contributed by atoms with van der Waals surface area (Å²) < 4.78 is 2.38. The van der Waals surface area contributed by atoms with E-state index < -0.39 is 6.19 Å². The van der Waals surface area contributed by atoms with Crippen molar-refractivity contribution >= 4 is 46.3 Å². The average Bonchev–Trinajstić information content (AvgIpc) is 3.15. The van der Waals surface area contributed by atoms with Gasteiger partial charge in [0.1, 0.15) is 6.17 Å². The first-order chi connectivity index (χ1) is 14.6. The van der Waals surface area contributed by atoms with Gasteiger partial charge in [0.15, 0.2) is 0 Å². The first-order valence-electron chi connectivity index (χ1n) is 9.95. The molecule has 1 heterocycles. The van der Waals surface area contributed by atoms with E-state index in [0.717, 1.165) is 17.1 Å². The second-order valence-corrected chi connectivity index (χ2v) is 11.9. The fourth-order valence-electron chi connectivity index (χ4n) is 3.69. The number of benzene rings is 3. The lowest BCUT2D eigenvalue weighted by Crippen LogP contribution is -2.39. The van der Waals surface area contributed by atoms with Gasteiger partial charge in [-0.05, 0) is 24.6 Å². The van der Waals surface area contributed by atoms with Crippen molar-refractivity contribution in [2.45, 2.75) is 13.1 Å². The van der Waals surface area contributed by atoms with Crippen LogP contribution in [0.15, 0.2) is 103 Å². The van der Waals surface area contributed by atoms with Crippen molar-refractivity contribution in [3.8, 4) is 0 Å². The zero-order chi connectivity index (χ0) is 21.0. The molecule has 0 aromatic heterocycles. The van der Waals surface area contributed by atoms with Crippen LogP contribution in [0.4, 0.5) is 0 Å². The molecule has 0 N–H and O–H groups in total. The Labute approximate surface area is 189 Å². The molecular weight excluding hydrogens is 427 g/mol. The van der Waals surface area contributed by atoms with E-state index in [-0.39, 0.29) is 6.17 Å². The lowest BCUT2D eigenvalue weighted by atomic mass is 10.2. The van der Waals surface area contributed by atoms with Gasteiger partial charge in [-0.25, -0.2) is 0 Å². The molecule has 0 radical (unpaired) electrons. The van der Waals surface area contributed by atoms with E-state index in [4.69, 9.17) is 23.4 Å². The Hall–Kier alpha value is -2.32. The Morgan fingerprint density at radius 3 is 2.13 bits per heavy atom. The molecular formula is C25H24ClN2PS. The van der Waals surface area contributed by atoms with Gasteiger partial charge in [-0.1, -0.05) is 108 Å². The zero-order valence-corrected chi connectivity index (χ0v) is 19.3. The van der Waals surface area contributed by atoms with Crippen LogP contribution < -0.4 is 10.6 Å². The highest BCUT2D eigenvalue weighted by atomic mass is 35.5. The van der Waals surface area contributed by atoms with Gasteiger partial charge in [-0.15, -0.1) is 0 Å². The fraction of sp³-hybridized carbons (Fsp3) is 0.120. The fourth-order valence-corrected chi connectivity index (χ4v) is 8.03. The highest BCUT2D eigenvalue weighted by molar-refractivity contribution is 8.20. The van der Waals surface area contributed by atoms with E-state index in [1.165, 1.54) is 10.6 Å². The molecule has 0 saturated heterocycles. The smallest absolute Gasteiger partial charge is 0.103 e. The largest absolute Gasteiger partial charge is 0.352 e. The third kappa shape index (κ3) is 4.25. The number of nitrogens with zero attached hydrogens (tertiary/aromatic N) is 2. The first-order valence-corrected chi connectivity index (χ1v) is 13.1. The molecule has 1 atom stereocenters. The summed E-state index contributed by atoms with van der Waals surface area (Å²) in [6, 6.07) is 28.9. The molecule has 30 heavy (non-hydrogen) atoms. The van der Waals surface area contributed by atoms with Crippen LogP contribution in [0.2, 0.25) is 5.02 Å². The van der Waals surface area contributed by atoms with Crippen molar-refractivity contribution in [1.82, 2.24) is 9.57 Å². The Morgan fingerprint density at radius 1 is 0.900 bits per heavy atom. The minimum Gasteiger partial charge on any atom is -0.352 e. The number of halogens is 1. The molecule has 1 unspecified atom stereocenters. The molecule has 4 rings (SSSR count). The lowest BCUT2D eigenvalue weighted by molar-refractivity contribution is 0.261. The van der Waals surface area contributed by atoms with E-state index in [0.29, 0.717) is 0 Å². The molecule has 2 nitrogen and oxygen atoms in total. The summed E-state index contributed by atoms with van der Waals surface area (Å²) in [4.78, 5) is 2.31. The van der Waals surface area contributed by atoms with Crippen molar-refractivity contribution in [2.75, 3.05) is 6.54 Å². The van der Waals surface area contributed by atoms with Gasteiger partial charge in [0.25, 0.3) is 0 Å². The quantitative estimate of drug-likeness (QED) is 0.436. The van der Waals surface area contributed by atoms with Crippen LogP contribution in [0.5, 0.6) is 0 Å². The SMILES string of the molecule is CC1N(CC=Cc2cccc(Cl)c2)C=CN1P(=S)(c1ccccc1)c1ccccc1.